The number of nitriles is 1. The smallest absolute Gasteiger partial charge is 0.157 e. The maximum absolute atomic E-state index is 13.9. The summed E-state index contributed by atoms with van der Waals surface area (Å²) in [7, 11) is 0. The number of aliphatic hydroxyl groups excluding tert-OH is 1. The van der Waals surface area contributed by atoms with Gasteiger partial charge in [-0.3, -0.25) is 9.80 Å². The highest BCUT2D eigenvalue weighted by Gasteiger charge is 2.35. The van der Waals surface area contributed by atoms with Crippen molar-refractivity contribution in [3.05, 3.63) is 64.4 Å². The van der Waals surface area contributed by atoms with Crippen LogP contribution in [0.1, 0.15) is 40.0 Å². The molecule has 182 valence electrons. The third-order valence-electron chi connectivity index (χ3n) is 7.00. The predicted molar refractivity (Wildman–Crippen MR) is 123 cm³/mol. The van der Waals surface area contributed by atoms with Gasteiger partial charge in [-0.1, -0.05) is 6.07 Å². The van der Waals surface area contributed by atoms with Crippen LogP contribution in [0.25, 0.3) is 5.82 Å². The number of hydrogen-bond acceptors (Lipinski definition) is 9. The largest absolute Gasteiger partial charge is 0.387 e. The van der Waals surface area contributed by atoms with Crippen molar-refractivity contribution in [3.8, 4) is 11.9 Å². The molecule has 0 amide bonds. The average molecular weight is 479 g/mol. The molecule has 0 bridgehead atoms. The zero-order valence-corrected chi connectivity index (χ0v) is 19.7. The van der Waals surface area contributed by atoms with Crippen LogP contribution in [0.5, 0.6) is 0 Å². The van der Waals surface area contributed by atoms with Crippen LogP contribution in [0, 0.1) is 31.0 Å². The highest BCUT2D eigenvalue weighted by atomic mass is 19.1. The maximum atomic E-state index is 13.9. The Kier molecular flexibility index (Phi) is 6.53. The van der Waals surface area contributed by atoms with Crippen molar-refractivity contribution in [2.75, 3.05) is 39.3 Å². The standard InChI is InChI=1S/C24H27FN8O2/c1-15-7-24(33-14-28-29-30-33)27-9-20(15)22(34)11-31-5-6-32-12-23(35-13-17(32)10-31)18-3-4-21(25)19(8-26)16(18)2/h3-4,7,9,14,17,22-23,34H,5-6,10-13H2,1-2H3. The quantitative estimate of drug-likeness (QED) is 0.582. The Balaban J connectivity index is 1.20. The molecule has 1 N–H and O–H groups in total. The lowest BCUT2D eigenvalue weighted by atomic mass is 9.96. The Hall–Kier alpha value is -3.30. The summed E-state index contributed by atoms with van der Waals surface area (Å²) in [6.07, 6.45) is 2.31. The van der Waals surface area contributed by atoms with Gasteiger partial charge in [0.05, 0.1) is 24.4 Å². The Morgan fingerprint density at radius 3 is 2.89 bits per heavy atom. The van der Waals surface area contributed by atoms with E-state index in [1.54, 1.807) is 19.2 Å². The number of fused-ring (bicyclic) bond motifs is 1. The molecule has 0 radical (unpaired) electrons. The van der Waals surface area contributed by atoms with Crippen LogP contribution in [0.3, 0.4) is 0 Å². The molecule has 3 atom stereocenters. The fourth-order valence-electron chi connectivity index (χ4n) is 5.02. The van der Waals surface area contributed by atoms with E-state index in [-0.39, 0.29) is 17.7 Å². The van der Waals surface area contributed by atoms with E-state index in [9.17, 15) is 14.8 Å². The number of halogens is 1. The van der Waals surface area contributed by atoms with E-state index in [1.165, 1.54) is 17.1 Å². The predicted octanol–water partition coefficient (Wildman–Crippen LogP) is 1.48. The molecular formula is C24H27FN8O2. The molecule has 2 saturated heterocycles. The summed E-state index contributed by atoms with van der Waals surface area (Å²) in [6, 6.07) is 7.11. The molecule has 3 aromatic rings. The molecule has 35 heavy (non-hydrogen) atoms. The molecule has 10 nitrogen and oxygen atoms in total. The summed E-state index contributed by atoms with van der Waals surface area (Å²) >= 11 is 0. The molecule has 5 rings (SSSR count). The second kappa shape index (κ2) is 9.75. The van der Waals surface area contributed by atoms with Gasteiger partial charge < -0.3 is 9.84 Å². The van der Waals surface area contributed by atoms with E-state index < -0.39 is 11.9 Å². The van der Waals surface area contributed by atoms with Crippen LogP contribution in [-0.4, -0.2) is 85.5 Å². The summed E-state index contributed by atoms with van der Waals surface area (Å²) in [6.45, 7) is 7.90. The maximum Gasteiger partial charge on any atom is 0.157 e. The Morgan fingerprint density at radius 1 is 1.29 bits per heavy atom. The number of piperazine rings is 1. The molecule has 2 fully saturated rings. The lowest BCUT2D eigenvalue weighted by molar-refractivity contribution is -0.0939. The minimum Gasteiger partial charge on any atom is -0.387 e. The number of tetrazole rings is 1. The van der Waals surface area contributed by atoms with E-state index >= 15 is 0 Å². The van der Waals surface area contributed by atoms with Gasteiger partial charge in [0, 0.05) is 50.5 Å². The second-order valence-electron chi connectivity index (χ2n) is 9.15. The van der Waals surface area contributed by atoms with Gasteiger partial charge >= 0.3 is 0 Å². The average Bonchev–Trinajstić information content (AvgIpc) is 3.39. The fourth-order valence-corrected chi connectivity index (χ4v) is 5.02. The number of ether oxygens (including phenoxy) is 1. The van der Waals surface area contributed by atoms with Gasteiger partial charge in [-0.05, 0) is 53.1 Å². The number of rotatable bonds is 5. The van der Waals surface area contributed by atoms with Crippen molar-refractivity contribution in [2.24, 2.45) is 0 Å². The summed E-state index contributed by atoms with van der Waals surface area (Å²) in [5.41, 5.74) is 3.30. The van der Waals surface area contributed by atoms with Crippen LogP contribution in [0.2, 0.25) is 0 Å². The van der Waals surface area contributed by atoms with E-state index in [1.807, 2.05) is 19.1 Å². The number of pyridine rings is 1. The number of morpholine rings is 1. The number of aryl methyl sites for hydroxylation is 1. The van der Waals surface area contributed by atoms with Crippen LogP contribution in [-0.2, 0) is 4.74 Å². The first-order valence-electron chi connectivity index (χ1n) is 11.6. The summed E-state index contributed by atoms with van der Waals surface area (Å²) in [4.78, 5) is 9.03. The summed E-state index contributed by atoms with van der Waals surface area (Å²) in [5, 5.41) is 31.3. The third kappa shape index (κ3) is 4.66. The number of aliphatic hydroxyl groups is 1. The van der Waals surface area contributed by atoms with E-state index in [0.29, 0.717) is 31.1 Å². The van der Waals surface area contributed by atoms with E-state index in [4.69, 9.17) is 4.74 Å². The normalized spacial score (nSPS) is 21.9. The van der Waals surface area contributed by atoms with Crippen molar-refractivity contribution in [2.45, 2.75) is 32.1 Å². The highest BCUT2D eigenvalue weighted by Crippen LogP contribution is 2.31. The van der Waals surface area contributed by atoms with Gasteiger partial charge in [0.25, 0.3) is 0 Å². The first kappa shape index (κ1) is 23.4. The van der Waals surface area contributed by atoms with Gasteiger partial charge in [-0.15, -0.1) is 5.10 Å². The van der Waals surface area contributed by atoms with Crippen molar-refractivity contribution < 1.29 is 14.2 Å². The molecule has 2 aliphatic rings. The number of β-amino-alcohol motifs (C(OH)–C–C–N with tert-alkyl or cyclic N) is 1. The van der Waals surface area contributed by atoms with Crippen LogP contribution >= 0.6 is 0 Å². The van der Waals surface area contributed by atoms with Crippen LogP contribution < -0.4 is 0 Å². The Morgan fingerprint density at radius 2 is 2.14 bits per heavy atom. The minimum absolute atomic E-state index is 0.0859. The number of benzene rings is 1. The zero-order chi connectivity index (χ0) is 24.5. The molecule has 2 aromatic heterocycles. The minimum atomic E-state index is -0.666. The van der Waals surface area contributed by atoms with Gasteiger partial charge in [-0.25, -0.2) is 9.37 Å². The molecule has 3 unspecified atom stereocenters. The van der Waals surface area contributed by atoms with Gasteiger partial charge in [0.15, 0.2) is 5.82 Å². The molecule has 1 aromatic carbocycles. The Labute approximate surface area is 202 Å². The molecule has 0 saturated carbocycles. The number of hydrogen-bond donors (Lipinski definition) is 1. The monoisotopic (exact) mass is 478 g/mol. The summed E-state index contributed by atoms with van der Waals surface area (Å²) < 4.78 is 21.6. The van der Waals surface area contributed by atoms with Crippen molar-refractivity contribution in [1.29, 1.82) is 5.26 Å². The first-order valence-corrected chi connectivity index (χ1v) is 11.6. The molecule has 0 aliphatic carbocycles. The second-order valence-corrected chi connectivity index (χ2v) is 9.15. The lowest BCUT2D eigenvalue weighted by Crippen LogP contribution is -2.58. The van der Waals surface area contributed by atoms with Crippen molar-refractivity contribution in [1.82, 2.24) is 35.0 Å². The number of aromatic nitrogens is 5. The Bertz CT molecular complexity index is 1250. The van der Waals surface area contributed by atoms with E-state index in [0.717, 1.165) is 36.3 Å². The molecule has 2 aliphatic heterocycles. The van der Waals surface area contributed by atoms with Gasteiger partial charge in [0.1, 0.15) is 18.2 Å². The molecule has 4 heterocycles. The highest BCUT2D eigenvalue weighted by molar-refractivity contribution is 5.44. The number of nitrogens with zero attached hydrogens (tertiary/aromatic N) is 8. The SMILES string of the molecule is Cc1cc(-n2cnnn2)ncc1C(O)CN1CCN2CC(c3ccc(F)c(C#N)c3C)OCC2C1. The van der Waals surface area contributed by atoms with Gasteiger partial charge in [0.2, 0.25) is 0 Å². The molecule has 0 spiro atoms. The molecular weight excluding hydrogens is 451 g/mol. The fraction of sp³-hybridized carbons (Fsp3) is 0.458. The third-order valence-corrected chi connectivity index (χ3v) is 7.00. The first-order chi connectivity index (χ1) is 16.9. The molecule has 11 heteroatoms. The lowest BCUT2D eigenvalue weighted by Gasteiger charge is -2.46. The summed E-state index contributed by atoms with van der Waals surface area (Å²) in [5.74, 6) is 0.106. The topological polar surface area (TPSA) is 116 Å². The zero-order valence-electron chi connectivity index (χ0n) is 19.7. The van der Waals surface area contributed by atoms with Gasteiger partial charge in [-0.2, -0.15) is 9.94 Å². The van der Waals surface area contributed by atoms with E-state index in [2.05, 4.69) is 30.3 Å². The van der Waals surface area contributed by atoms with Crippen molar-refractivity contribution in [3.63, 3.8) is 0 Å². The van der Waals surface area contributed by atoms with Crippen LogP contribution in [0.15, 0.2) is 30.7 Å². The van der Waals surface area contributed by atoms with Crippen LogP contribution in [0.4, 0.5) is 4.39 Å². The van der Waals surface area contributed by atoms with Crippen molar-refractivity contribution >= 4 is 0 Å².